The average molecular weight is 521 g/mol. The molecule has 0 aliphatic carbocycles. The Morgan fingerprint density at radius 2 is 1.42 bits per heavy atom. The number of pyridine rings is 2. The quantitative estimate of drug-likeness (QED) is 0.221. The summed E-state index contributed by atoms with van der Waals surface area (Å²) in [5.41, 5.74) is 4.04. The number of rotatable bonds is 13. The molecule has 0 amide bonds. The minimum absolute atomic E-state index is 0.575. The summed E-state index contributed by atoms with van der Waals surface area (Å²) in [7, 11) is 0. The molecule has 0 atom stereocenters. The summed E-state index contributed by atoms with van der Waals surface area (Å²) in [5.74, 6) is 0. The van der Waals surface area contributed by atoms with Gasteiger partial charge in [-0.15, -0.1) is 0 Å². The van der Waals surface area contributed by atoms with Gasteiger partial charge in [-0.25, -0.2) is 0 Å². The first kappa shape index (κ1) is 24.2. The first-order valence-corrected chi connectivity index (χ1v) is 15.1. The summed E-state index contributed by atoms with van der Waals surface area (Å²) >= 11 is -0.838. The second kappa shape index (κ2) is 12.6. The fraction of sp³-hybridized carbons (Fsp3) is 0.500. The van der Waals surface area contributed by atoms with E-state index in [0.29, 0.717) is 3.43 Å². The van der Waals surface area contributed by atoms with E-state index in [-0.39, 0.29) is 0 Å². The maximum absolute atomic E-state index is 4.89. The summed E-state index contributed by atoms with van der Waals surface area (Å²) in [6.45, 7) is 7.05. The average Bonchev–Trinajstić information content (AvgIpc) is 2.80. The van der Waals surface area contributed by atoms with E-state index in [4.69, 9.17) is 4.98 Å². The molecule has 3 heteroatoms. The zero-order chi connectivity index (χ0) is 21.9. The zero-order valence-electron chi connectivity index (χ0n) is 19.7. The van der Waals surface area contributed by atoms with Crippen LogP contribution >= 0.6 is 0 Å². The van der Waals surface area contributed by atoms with Gasteiger partial charge in [-0.2, -0.15) is 0 Å². The van der Waals surface area contributed by atoms with Crippen LogP contribution in [0.4, 0.5) is 0 Å². The Balaban J connectivity index is 2.00. The van der Waals surface area contributed by atoms with Gasteiger partial charge >= 0.3 is 200 Å². The van der Waals surface area contributed by atoms with Crippen molar-refractivity contribution in [3.8, 4) is 0 Å². The van der Waals surface area contributed by atoms with Crippen LogP contribution < -0.4 is 3.58 Å². The van der Waals surface area contributed by atoms with E-state index in [0.717, 1.165) is 6.42 Å². The van der Waals surface area contributed by atoms with Crippen LogP contribution in [0.2, 0.25) is 3.43 Å². The molecule has 0 aliphatic heterocycles. The molecule has 1 aromatic carbocycles. The van der Waals surface area contributed by atoms with E-state index in [1.165, 1.54) is 79.8 Å². The molecule has 2 heterocycles. The molecule has 0 fully saturated rings. The Morgan fingerprint density at radius 1 is 0.774 bits per heavy atom. The van der Waals surface area contributed by atoms with Gasteiger partial charge < -0.3 is 0 Å². The van der Waals surface area contributed by atoms with Crippen molar-refractivity contribution < 1.29 is 0 Å². The zero-order valence-corrected chi connectivity index (χ0v) is 22.5. The molecule has 0 N–H and O–H groups in total. The molecule has 0 spiro atoms. The Morgan fingerprint density at radius 3 is 2.03 bits per heavy atom. The third kappa shape index (κ3) is 7.03. The molecule has 0 saturated heterocycles. The second-order valence-electron chi connectivity index (χ2n) is 8.97. The van der Waals surface area contributed by atoms with Crippen molar-refractivity contribution in [2.75, 3.05) is 0 Å². The van der Waals surface area contributed by atoms with E-state index in [2.05, 4.69) is 62.2 Å². The van der Waals surface area contributed by atoms with E-state index in [1.807, 2.05) is 18.6 Å². The predicted molar refractivity (Wildman–Crippen MR) is 135 cm³/mol. The van der Waals surface area contributed by atoms with Gasteiger partial charge in [-0.3, -0.25) is 0 Å². The molecule has 2 nitrogen and oxygen atoms in total. The first-order valence-electron chi connectivity index (χ1n) is 12.2. The van der Waals surface area contributed by atoms with Crippen LogP contribution in [0.3, 0.4) is 0 Å². The second-order valence-corrected chi connectivity index (χ2v) is 14.2. The molecular weight excluding hydrogens is 483 g/mol. The molecule has 2 radical (unpaired) electrons. The Hall–Kier alpha value is -1.42. The molecule has 31 heavy (non-hydrogen) atoms. The van der Waals surface area contributed by atoms with Crippen LogP contribution in [0.1, 0.15) is 89.7 Å². The number of benzene rings is 1. The Labute approximate surface area is 199 Å². The Kier molecular flexibility index (Phi) is 9.83. The van der Waals surface area contributed by atoms with Crippen molar-refractivity contribution >= 4 is 35.6 Å². The van der Waals surface area contributed by atoms with Crippen LogP contribution in [0.15, 0.2) is 55.0 Å². The molecule has 164 valence electrons. The van der Waals surface area contributed by atoms with Crippen molar-refractivity contribution in [3.63, 3.8) is 0 Å². The molecule has 0 saturated carbocycles. The number of aromatic nitrogens is 2. The van der Waals surface area contributed by atoms with Crippen LogP contribution in [0.25, 0.3) is 10.9 Å². The standard InChI is InChI=1S/C15H11N2.C13H27.Sn/c1-2-14-11-13(3-4-15(14)17-7-1)10-12-5-8-16-9-6-12;1-4-7-10-13(11-8-5-2)12-9-6-3;/h1-3,5-9,11H,10H2;4-12H2,1-3H3;. The molecule has 2 aromatic heterocycles. The fourth-order valence-electron chi connectivity index (χ4n) is 4.58. The summed E-state index contributed by atoms with van der Waals surface area (Å²) in [4.78, 5) is 9.07. The molecular formula is C28H38N2Sn. The van der Waals surface area contributed by atoms with Crippen molar-refractivity contribution in [2.24, 2.45) is 0 Å². The maximum atomic E-state index is 4.89. The molecule has 0 bridgehead atoms. The molecule has 3 rings (SSSR count). The van der Waals surface area contributed by atoms with Crippen molar-refractivity contribution in [2.45, 2.75) is 88.4 Å². The third-order valence-electron chi connectivity index (χ3n) is 6.35. The number of hydrogen-bond donors (Lipinski definition) is 0. The molecule has 0 unspecified atom stereocenters. The van der Waals surface area contributed by atoms with Crippen molar-refractivity contribution in [1.82, 2.24) is 9.97 Å². The number of hydrogen-bond acceptors (Lipinski definition) is 2. The topological polar surface area (TPSA) is 25.8 Å². The monoisotopic (exact) mass is 522 g/mol. The van der Waals surface area contributed by atoms with Gasteiger partial charge in [0.05, 0.1) is 0 Å². The van der Waals surface area contributed by atoms with Crippen LogP contribution in [0.5, 0.6) is 0 Å². The van der Waals surface area contributed by atoms with E-state index in [1.54, 1.807) is 3.58 Å². The normalized spacial score (nSPS) is 11.8. The van der Waals surface area contributed by atoms with Gasteiger partial charge in [0.25, 0.3) is 0 Å². The number of unbranched alkanes of at least 4 members (excludes halogenated alkanes) is 3. The molecule has 0 aliphatic rings. The summed E-state index contributed by atoms with van der Waals surface area (Å²) in [6.07, 6.45) is 19.0. The Bertz CT molecular complexity index is 901. The summed E-state index contributed by atoms with van der Waals surface area (Å²) in [6, 6.07) is 13.5. The minimum atomic E-state index is -0.838. The third-order valence-corrected chi connectivity index (χ3v) is 11.9. The van der Waals surface area contributed by atoms with Crippen LogP contribution in [-0.2, 0) is 6.42 Å². The van der Waals surface area contributed by atoms with Gasteiger partial charge in [-0.1, -0.05) is 0 Å². The number of fused-ring (bicyclic) bond motifs is 1. The van der Waals surface area contributed by atoms with Gasteiger partial charge in [0, 0.05) is 0 Å². The van der Waals surface area contributed by atoms with E-state index in [9.17, 15) is 0 Å². The number of nitrogens with zero attached hydrogens (tertiary/aromatic N) is 2. The van der Waals surface area contributed by atoms with Crippen molar-refractivity contribution in [3.05, 3.63) is 66.1 Å². The van der Waals surface area contributed by atoms with Crippen LogP contribution in [0, 0.1) is 0 Å². The van der Waals surface area contributed by atoms with Crippen molar-refractivity contribution in [1.29, 1.82) is 0 Å². The predicted octanol–water partition coefficient (Wildman–Crippen LogP) is 7.28. The first-order chi connectivity index (χ1) is 15.2. The molecule has 3 aromatic rings. The van der Waals surface area contributed by atoms with Gasteiger partial charge in [0.1, 0.15) is 0 Å². The fourth-order valence-corrected chi connectivity index (χ4v) is 10.5. The van der Waals surface area contributed by atoms with Gasteiger partial charge in [0.2, 0.25) is 0 Å². The SMILES string of the molecule is CCCC[C](CCCC)(CCCC)[Sn][c]1cc(Cc2ccncc2)cc2cccnc12. The van der Waals surface area contributed by atoms with E-state index >= 15 is 0 Å². The van der Waals surface area contributed by atoms with E-state index < -0.39 is 21.1 Å². The summed E-state index contributed by atoms with van der Waals surface area (Å²) < 4.78 is 2.19. The van der Waals surface area contributed by atoms with Gasteiger partial charge in [0.15, 0.2) is 0 Å². The van der Waals surface area contributed by atoms with Gasteiger partial charge in [-0.05, 0) is 0 Å². The summed E-state index contributed by atoms with van der Waals surface area (Å²) in [5, 5.41) is 1.32. The van der Waals surface area contributed by atoms with Crippen LogP contribution in [-0.4, -0.2) is 31.1 Å².